The van der Waals surface area contributed by atoms with E-state index in [1.165, 1.54) is 6.92 Å². The zero-order valence-corrected chi connectivity index (χ0v) is 11.8. The Balaban J connectivity index is 2.40. The number of nitrogens with two attached hydrogens (primary N) is 1. The molecule has 2 N–H and O–H groups in total. The summed E-state index contributed by atoms with van der Waals surface area (Å²) in [6.07, 6.45) is -0.386. The molecule has 1 aliphatic rings. The minimum atomic E-state index is -0.631. The average Bonchev–Trinajstić information content (AvgIpc) is 2.77. The number of rotatable bonds is 3. The highest BCUT2D eigenvalue weighted by atomic mass is 35.5. The molecule has 1 aromatic carbocycles. The summed E-state index contributed by atoms with van der Waals surface area (Å²) in [5, 5.41) is 11.0. The molecule has 0 radical (unpaired) electrons. The molecule has 0 spiro atoms. The van der Waals surface area contributed by atoms with Crippen molar-refractivity contribution in [3.8, 4) is 5.75 Å². The van der Waals surface area contributed by atoms with Crippen LogP contribution in [0.25, 0.3) is 0 Å². The van der Waals surface area contributed by atoms with Crippen molar-refractivity contribution in [2.75, 3.05) is 12.3 Å². The third-order valence-electron chi connectivity index (χ3n) is 2.81. The summed E-state index contributed by atoms with van der Waals surface area (Å²) in [4.78, 5) is 21.2. The van der Waals surface area contributed by atoms with Crippen LogP contribution in [0.15, 0.2) is 0 Å². The average molecular weight is 321 g/mol. The molecule has 0 bridgehead atoms. The molecule has 2 rings (SSSR count). The number of nitrogens with zero attached hydrogens (tertiary/aromatic N) is 1. The quantitative estimate of drug-likeness (QED) is 0.396. The highest BCUT2D eigenvalue weighted by molar-refractivity contribution is 6.45. The van der Waals surface area contributed by atoms with Crippen molar-refractivity contribution in [3.63, 3.8) is 0 Å². The van der Waals surface area contributed by atoms with Crippen molar-refractivity contribution >= 4 is 40.5 Å². The Morgan fingerprint density at radius 3 is 2.75 bits per heavy atom. The van der Waals surface area contributed by atoms with Gasteiger partial charge < -0.3 is 15.2 Å². The van der Waals surface area contributed by atoms with Gasteiger partial charge in [0.05, 0.1) is 15.5 Å². The number of hydrogen-bond donors (Lipinski definition) is 1. The lowest BCUT2D eigenvalue weighted by Gasteiger charge is -2.11. The van der Waals surface area contributed by atoms with Gasteiger partial charge in [0.1, 0.15) is 29.2 Å². The third kappa shape index (κ3) is 2.46. The number of nitrogen functional groups attached to an aromatic ring is 1. The molecule has 1 atom stereocenters. The van der Waals surface area contributed by atoms with E-state index in [0.29, 0.717) is 0 Å². The molecular formula is C11H10Cl2N2O5. The summed E-state index contributed by atoms with van der Waals surface area (Å²) in [7, 11) is 0. The largest absolute Gasteiger partial charge is 0.484 e. The number of benzene rings is 1. The van der Waals surface area contributed by atoms with Crippen molar-refractivity contribution < 1.29 is 19.2 Å². The lowest BCUT2D eigenvalue weighted by molar-refractivity contribution is -0.384. The second-order valence-electron chi connectivity index (χ2n) is 4.20. The van der Waals surface area contributed by atoms with Gasteiger partial charge in [-0.25, -0.2) is 0 Å². The summed E-state index contributed by atoms with van der Waals surface area (Å²) < 4.78 is 10.3. The zero-order chi connectivity index (χ0) is 15.0. The summed E-state index contributed by atoms with van der Waals surface area (Å²) in [5.41, 5.74) is 5.37. The number of carbonyl (C=O) groups is 1. The molecule has 0 aliphatic carbocycles. The topological polar surface area (TPSA) is 105 Å². The Kier molecular flexibility index (Phi) is 3.92. The number of nitro groups is 1. The maximum atomic E-state index is 11.1. The van der Waals surface area contributed by atoms with E-state index < -0.39 is 17.0 Å². The predicted molar refractivity (Wildman–Crippen MR) is 72.3 cm³/mol. The van der Waals surface area contributed by atoms with Crippen LogP contribution in [0.1, 0.15) is 12.5 Å². The molecular weight excluding hydrogens is 311 g/mol. The first-order valence-corrected chi connectivity index (χ1v) is 6.32. The molecule has 1 aromatic rings. The van der Waals surface area contributed by atoms with Crippen molar-refractivity contribution in [3.05, 3.63) is 25.7 Å². The fourth-order valence-electron chi connectivity index (χ4n) is 1.98. The Morgan fingerprint density at radius 1 is 1.55 bits per heavy atom. The van der Waals surface area contributed by atoms with Gasteiger partial charge in [0.2, 0.25) is 0 Å². The van der Waals surface area contributed by atoms with Crippen LogP contribution in [-0.4, -0.2) is 23.6 Å². The number of hydrogen-bond acceptors (Lipinski definition) is 6. The lowest BCUT2D eigenvalue weighted by Crippen LogP contribution is -2.21. The Labute approximate surface area is 123 Å². The highest BCUT2D eigenvalue weighted by Gasteiger charge is 2.37. The molecule has 1 aliphatic heterocycles. The maximum absolute atomic E-state index is 11.1. The van der Waals surface area contributed by atoms with E-state index in [0.717, 1.165) is 0 Å². The van der Waals surface area contributed by atoms with E-state index in [9.17, 15) is 14.9 Å². The highest BCUT2D eigenvalue weighted by Crippen LogP contribution is 2.49. The number of nitro benzene ring substituents is 1. The van der Waals surface area contributed by atoms with Crippen LogP contribution >= 0.6 is 23.2 Å². The molecule has 108 valence electrons. The van der Waals surface area contributed by atoms with E-state index in [4.69, 9.17) is 38.4 Å². The first-order valence-electron chi connectivity index (χ1n) is 5.56. The molecule has 0 aromatic heterocycles. The van der Waals surface area contributed by atoms with Gasteiger partial charge in [-0.1, -0.05) is 23.2 Å². The minimum absolute atomic E-state index is 0.0232. The first-order chi connectivity index (χ1) is 9.32. The Hall–Kier alpha value is -1.73. The van der Waals surface area contributed by atoms with E-state index in [1.807, 2.05) is 0 Å². The number of fused-ring (bicyclic) bond motifs is 1. The lowest BCUT2D eigenvalue weighted by atomic mass is 10.1. The fraction of sp³-hybridized carbons (Fsp3) is 0.364. The maximum Gasteiger partial charge on any atom is 0.302 e. The van der Waals surface area contributed by atoms with Crippen molar-refractivity contribution in [1.29, 1.82) is 0 Å². The second-order valence-corrected chi connectivity index (χ2v) is 4.96. The normalized spacial score (nSPS) is 16.4. The number of ether oxygens (including phenoxy) is 2. The van der Waals surface area contributed by atoms with Crippen molar-refractivity contribution in [1.82, 2.24) is 0 Å². The van der Waals surface area contributed by atoms with E-state index in [2.05, 4.69) is 0 Å². The second kappa shape index (κ2) is 5.34. The van der Waals surface area contributed by atoms with Crippen LogP contribution in [0.2, 0.25) is 10.0 Å². The molecule has 0 fully saturated rings. The molecule has 1 heterocycles. The number of carbonyl (C=O) groups excluding carboxylic acids is 1. The summed E-state index contributed by atoms with van der Waals surface area (Å²) in [6.45, 7) is 1.22. The van der Waals surface area contributed by atoms with Gasteiger partial charge in [0.25, 0.3) is 0 Å². The molecule has 9 heteroatoms. The van der Waals surface area contributed by atoms with Crippen LogP contribution < -0.4 is 10.5 Å². The molecule has 0 saturated carbocycles. The summed E-state index contributed by atoms with van der Waals surface area (Å²) in [6, 6.07) is 0. The van der Waals surface area contributed by atoms with Gasteiger partial charge in [-0.2, -0.15) is 0 Å². The monoisotopic (exact) mass is 320 g/mol. The molecule has 7 nitrogen and oxygen atoms in total. The smallest absolute Gasteiger partial charge is 0.302 e. The van der Waals surface area contributed by atoms with Gasteiger partial charge in [0.15, 0.2) is 0 Å². The van der Waals surface area contributed by atoms with Gasteiger partial charge in [0, 0.05) is 13.3 Å². The SMILES string of the molecule is CC(=O)OCC1Cc2c(c(Cl)c(Cl)c(N)c2[N+](=O)[O-])O1. The predicted octanol–water partition coefficient (Wildman–Crippen LogP) is 2.35. The van der Waals surface area contributed by atoms with Gasteiger partial charge >= 0.3 is 11.7 Å². The van der Waals surface area contributed by atoms with Crippen LogP contribution in [0.3, 0.4) is 0 Å². The van der Waals surface area contributed by atoms with E-state index >= 15 is 0 Å². The van der Waals surface area contributed by atoms with Crippen LogP contribution in [-0.2, 0) is 16.0 Å². The van der Waals surface area contributed by atoms with E-state index in [1.54, 1.807) is 0 Å². The van der Waals surface area contributed by atoms with Gasteiger partial charge in [-0.3, -0.25) is 14.9 Å². The van der Waals surface area contributed by atoms with Crippen molar-refractivity contribution in [2.45, 2.75) is 19.4 Å². The van der Waals surface area contributed by atoms with Crippen molar-refractivity contribution in [2.24, 2.45) is 0 Å². The molecule has 0 amide bonds. The molecule has 20 heavy (non-hydrogen) atoms. The van der Waals surface area contributed by atoms with Gasteiger partial charge in [-0.15, -0.1) is 0 Å². The molecule has 0 saturated heterocycles. The zero-order valence-electron chi connectivity index (χ0n) is 10.3. The summed E-state index contributed by atoms with van der Waals surface area (Å²) in [5.74, 6) is -0.350. The molecule has 1 unspecified atom stereocenters. The number of halogens is 2. The summed E-state index contributed by atoms with van der Waals surface area (Å²) >= 11 is 11.8. The van der Waals surface area contributed by atoms with E-state index in [-0.39, 0.29) is 45.8 Å². The Morgan fingerprint density at radius 2 is 2.20 bits per heavy atom. The minimum Gasteiger partial charge on any atom is -0.484 e. The fourth-order valence-corrected chi connectivity index (χ4v) is 2.42. The van der Waals surface area contributed by atoms with Crippen LogP contribution in [0.5, 0.6) is 5.75 Å². The number of esters is 1. The van der Waals surface area contributed by atoms with Crippen LogP contribution in [0.4, 0.5) is 11.4 Å². The van der Waals surface area contributed by atoms with Gasteiger partial charge in [-0.05, 0) is 0 Å². The third-order valence-corrected chi connectivity index (χ3v) is 3.66. The standard InChI is InChI=1S/C11H10Cl2N2O5/c1-4(16)19-3-5-2-6-10(15(17)18)9(14)7(12)8(13)11(6)20-5/h5H,2-3,14H2,1H3. The first kappa shape index (κ1) is 14.7. The number of anilines is 1. The van der Waals surface area contributed by atoms with Crippen LogP contribution in [0, 0.1) is 10.1 Å². The Bertz CT molecular complexity index is 605.